The quantitative estimate of drug-likeness (QED) is 0.741. The zero-order valence-corrected chi connectivity index (χ0v) is 12.6. The Morgan fingerprint density at radius 1 is 1.42 bits per heavy atom. The molecule has 1 aromatic rings. The van der Waals surface area contributed by atoms with E-state index < -0.39 is 0 Å². The highest BCUT2D eigenvalue weighted by Gasteiger charge is 2.24. The summed E-state index contributed by atoms with van der Waals surface area (Å²) in [6.07, 6.45) is 5.95. The van der Waals surface area contributed by atoms with Crippen molar-refractivity contribution in [2.75, 3.05) is 13.1 Å². The van der Waals surface area contributed by atoms with Crippen LogP contribution in [0.15, 0.2) is 16.7 Å². The molecular formula is C16H28N2O. The molecule has 0 aliphatic heterocycles. The third-order valence-corrected chi connectivity index (χ3v) is 3.56. The lowest BCUT2D eigenvalue weighted by atomic mass is 10.2. The molecule has 0 saturated heterocycles. The van der Waals surface area contributed by atoms with E-state index in [1.54, 1.807) is 0 Å². The summed E-state index contributed by atoms with van der Waals surface area (Å²) in [5.41, 5.74) is 1.26. The smallest absolute Gasteiger partial charge is 0.118 e. The van der Waals surface area contributed by atoms with Crippen LogP contribution in [0.1, 0.15) is 51.4 Å². The monoisotopic (exact) mass is 264 g/mol. The summed E-state index contributed by atoms with van der Waals surface area (Å²) in [6, 6.07) is 2.72. The summed E-state index contributed by atoms with van der Waals surface area (Å²) in [7, 11) is 0. The highest BCUT2D eigenvalue weighted by Crippen LogP contribution is 2.30. The van der Waals surface area contributed by atoms with Gasteiger partial charge in [0.15, 0.2) is 0 Å². The topological polar surface area (TPSA) is 28.4 Å². The number of nitrogens with zero attached hydrogens (tertiary/aromatic N) is 1. The van der Waals surface area contributed by atoms with Crippen molar-refractivity contribution >= 4 is 0 Å². The highest BCUT2D eigenvalue weighted by atomic mass is 16.3. The molecule has 1 aliphatic rings. The standard InChI is InChI=1S/C16H28N2O/c1-4-7-18(10-14-5-6-14)11-16-8-15(12-19-16)9-17-13(2)3/h8,12-14,17H,4-7,9-11H2,1-3H3. The lowest BCUT2D eigenvalue weighted by Crippen LogP contribution is -2.26. The molecule has 1 fully saturated rings. The molecule has 0 amide bonds. The molecule has 108 valence electrons. The maximum absolute atomic E-state index is 5.69. The van der Waals surface area contributed by atoms with E-state index in [1.165, 1.54) is 37.9 Å². The van der Waals surface area contributed by atoms with Crippen LogP contribution >= 0.6 is 0 Å². The molecule has 1 N–H and O–H groups in total. The van der Waals surface area contributed by atoms with Crippen LogP contribution < -0.4 is 5.32 Å². The van der Waals surface area contributed by atoms with Crippen LogP contribution in [-0.4, -0.2) is 24.0 Å². The van der Waals surface area contributed by atoms with E-state index in [0.717, 1.165) is 24.8 Å². The first-order chi connectivity index (χ1) is 9.17. The van der Waals surface area contributed by atoms with Crippen molar-refractivity contribution in [3.63, 3.8) is 0 Å². The summed E-state index contributed by atoms with van der Waals surface area (Å²) in [5, 5.41) is 3.42. The molecule has 3 nitrogen and oxygen atoms in total. The predicted molar refractivity (Wildman–Crippen MR) is 79.0 cm³/mol. The van der Waals surface area contributed by atoms with Crippen LogP contribution in [0, 0.1) is 5.92 Å². The van der Waals surface area contributed by atoms with Crippen molar-refractivity contribution < 1.29 is 4.42 Å². The largest absolute Gasteiger partial charge is 0.468 e. The summed E-state index contributed by atoms with van der Waals surface area (Å²) in [6.45, 7) is 10.9. The van der Waals surface area contributed by atoms with Crippen molar-refractivity contribution in [1.82, 2.24) is 10.2 Å². The molecule has 1 saturated carbocycles. The normalized spacial score (nSPS) is 15.6. The number of nitrogens with one attached hydrogen (secondary N) is 1. The fourth-order valence-electron chi connectivity index (χ4n) is 2.36. The summed E-state index contributed by atoms with van der Waals surface area (Å²) in [4.78, 5) is 2.54. The van der Waals surface area contributed by atoms with Gasteiger partial charge < -0.3 is 9.73 Å². The third-order valence-electron chi connectivity index (χ3n) is 3.56. The molecule has 0 unspecified atom stereocenters. The first-order valence-electron chi connectivity index (χ1n) is 7.69. The van der Waals surface area contributed by atoms with Gasteiger partial charge in [-0.3, -0.25) is 4.90 Å². The minimum Gasteiger partial charge on any atom is -0.468 e. The molecule has 1 heterocycles. The Bertz CT molecular complexity index is 369. The van der Waals surface area contributed by atoms with Crippen molar-refractivity contribution in [1.29, 1.82) is 0 Å². The summed E-state index contributed by atoms with van der Waals surface area (Å²) in [5.74, 6) is 2.05. The molecule has 0 aromatic carbocycles. The van der Waals surface area contributed by atoms with Gasteiger partial charge in [-0.05, 0) is 37.8 Å². The lowest BCUT2D eigenvalue weighted by Gasteiger charge is -2.19. The van der Waals surface area contributed by atoms with Gasteiger partial charge in [0.05, 0.1) is 12.8 Å². The van der Waals surface area contributed by atoms with Gasteiger partial charge in [0.25, 0.3) is 0 Å². The lowest BCUT2D eigenvalue weighted by molar-refractivity contribution is 0.235. The van der Waals surface area contributed by atoms with Crippen molar-refractivity contribution in [3.8, 4) is 0 Å². The van der Waals surface area contributed by atoms with Gasteiger partial charge in [-0.1, -0.05) is 20.8 Å². The SMILES string of the molecule is CCCN(Cc1cc(CNC(C)C)co1)CC1CC1. The van der Waals surface area contributed by atoms with Crippen LogP contribution in [0.4, 0.5) is 0 Å². The van der Waals surface area contributed by atoms with Gasteiger partial charge in [0.2, 0.25) is 0 Å². The molecule has 1 aliphatic carbocycles. The molecule has 0 bridgehead atoms. The van der Waals surface area contributed by atoms with Crippen LogP contribution in [-0.2, 0) is 13.1 Å². The molecule has 0 atom stereocenters. The van der Waals surface area contributed by atoms with E-state index in [0.29, 0.717) is 6.04 Å². The maximum atomic E-state index is 5.69. The van der Waals surface area contributed by atoms with Crippen LogP contribution in [0.25, 0.3) is 0 Å². The Hall–Kier alpha value is -0.800. The van der Waals surface area contributed by atoms with E-state index in [1.807, 2.05) is 6.26 Å². The first kappa shape index (κ1) is 14.6. The predicted octanol–water partition coefficient (Wildman–Crippen LogP) is 3.40. The van der Waals surface area contributed by atoms with Gasteiger partial charge in [0, 0.05) is 24.7 Å². The summed E-state index contributed by atoms with van der Waals surface area (Å²) < 4.78 is 5.69. The van der Waals surface area contributed by atoms with Crippen molar-refractivity contribution in [2.24, 2.45) is 5.92 Å². The van der Waals surface area contributed by atoms with Crippen molar-refractivity contribution in [2.45, 2.75) is 59.2 Å². The highest BCUT2D eigenvalue weighted by molar-refractivity contribution is 5.12. The van der Waals surface area contributed by atoms with E-state index in [4.69, 9.17) is 4.42 Å². The van der Waals surface area contributed by atoms with E-state index in [9.17, 15) is 0 Å². The Morgan fingerprint density at radius 3 is 2.84 bits per heavy atom. The van der Waals surface area contributed by atoms with Crippen molar-refractivity contribution in [3.05, 3.63) is 23.7 Å². The van der Waals surface area contributed by atoms with E-state index >= 15 is 0 Å². The van der Waals surface area contributed by atoms with Gasteiger partial charge in [0.1, 0.15) is 5.76 Å². The van der Waals surface area contributed by atoms with Gasteiger partial charge >= 0.3 is 0 Å². The minimum absolute atomic E-state index is 0.518. The average molecular weight is 264 g/mol. The number of furan rings is 1. The Labute approximate surface area is 117 Å². The third kappa shape index (κ3) is 5.37. The first-order valence-corrected chi connectivity index (χ1v) is 7.69. The Kier molecular flexibility index (Phi) is 5.46. The van der Waals surface area contributed by atoms with Crippen LogP contribution in [0.5, 0.6) is 0 Å². The van der Waals surface area contributed by atoms with Gasteiger partial charge in [-0.25, -0.2) is 0 Å². The molecule has 1 aromatic heterocycles. The second kappa shape index (κ2) is 7.11. The van der Waals surface area contributed by atoms with Gasteiger partial charge in [-0.2, -0.15) is 0 Å². The van der Waals surface area contributed by atoms with Gasteiger partial charge in [-0.15, -0.1) is 0 Å². The maximum Gasteiger partial charge on any atom is 0.118 e. The zero-order valence-electron chi connectivity index (χ0n) is 12.6. The molecule has 19 heavy (non-hydrogen) atoms. The minimum atomic E-state index is 0.518. The Morgan fingerprint density at radius 2 is 2.21 bits per heavy atom. The zero-order chi connectivity index (χ0) is 13.7. The van der Waals surface area contributed by atoms with E-state index in [-0.39, 0.29) is 0 Å². The van der Waals surface area contributed by atoms with Crippen LogP contribution in [0.2, 0.25) is 0 Å². The molecule has 0 spiro atoms. The Balaban J connectivity index is 1.82. The number of hydrogen-bond acceptors (Lipinski definition) is 3. The molecule has 0 radical (unpaired) electrons. The second-order valence-electron chi connectivity index (χ2n) is 6.14. The van der Waals surface area contributed by atoms with Crippen LogP contribution in [0.3, 0.4) is 0 Å². The molecule has 2 rings (SSSR count). The fourth-order valence-corrected chi connectivity index (χ4v) is 2.36. The molecule has 3 heteroatoms. The fraction of sp³-hybridized carbons (Fsp3) is 0.750. The van der Waals surface area contributed by atoms with E-state index in [2.05, 4.69) is 37.1 Å². The number of hydrogen-bond donors (Lipinski definition) is 1. The molecular weight excluding hydrogens is 236 g/mol. The average Bonchev–Trinajstić information content (AvgIpc) is 3.05. The number of rotatable bonds is 9. The summed E-state index contributed by atoms with van der Waals surface area (Å²) >= 11 is 0. The second-order valence-corrected chi connectivity index (χ2v) is 6.14.